The van der Waals surface area contributed by atoms with Crippen LogP contribution in [0.1, 0.15) is 34.2 Å². The molecular formula is C23H18F4NO4P. The number of benzene rings is 2. The Hall–Kier alpha value is -3.45. The van der Waals surface area contributed by atoms with Crippen LogP contribution in [-0.4, -0.2) is 17.0 Å². The zero-order valence-electron chi connectivity index (χ0n) is 17.1. The first kappa shape index (κ1) is 24.2. The van der Waals surface area contributed by atoms with Gasteiger partial charge in [-0.25, -0.2) is 9.18 Å². The summed E-state index contributed by atoms with van der Waals surface area (Å²) >= 11 is 0. The fourth-order valence-electron chi connectivity index (χ4n) is 2.91. The van der Waals surface area contributed by atoms with E-state index in [0.717, 1.165) is 25.1 Å². The van der Waals surface area contributed by atoms with Gasteiger partial charge in [-0.15, -0.1) is 0 Å². The Balaban J connectivity index is 1.87. The van der Waals surface area contributed by atoms with Crippen LogP contribution in [0.5, 0.6) is 0 Å². The molecule has 10 heteroatoms. The molecule has 0 radical (unpaired) electrons. The van der Waals surface area contributed by atoms with Crippen molar-refractivity contribution in [3.8, 4) is 11.3 Å². The van der Waals surface area contributed by atoms with E-state index < -0.39 is 29.0 Å². The predicted octanol–water partition coefficient (Wildman–Crippen LogP) is 6.33. The first-order chi connectivity index (χ1) is 15.3. The molecule has 172 valence electrons. The van der Waals surface area contributed by atoms with Crippen molar-refractivity contribution in [3.63, 3.8) is 0 Å². The zero-order chi connectivity index (χ0) is 24.4. The molecule has 2 aromatic carbocycles. The van der Waals surface area contributed by atoms with Crippen molar-refractivity contribution < 1.29 is 36.7 Å². The number of carboxylic acid groups (broad SMARTS) is 1. The number of carboxylic acids is 1. The smallest absolute Gasteiger partial charge is 0.416 e. The number of hydrogen-bond acceptors (Lipinski definition) is 3. The molecule has 2 unspecified atom stereocenters. The highest BCUT2D eigenvalue weighted by molar-refractivity contribution is 7.18. The molecule has 3 aromatic rings. The molecule has 0 aliphatic carbocycles. The van der Waals surface area contributed by atoms with Gasteiger partial charge in [0.25, 0.3) is 5.91 Å². The molecule has 1 amide bonds. The lowest BCUT2D eigenvalue weighted by molar-refractivity contribution is -0.137. The van der Waals surface area contributed by atoms with Crippen molar-refractivity contribution in [2.45, 2.75) is 18.5 Å². The Kier molecular flexibility index (Phi) is 6.74. The number of anilines is 1. The van der Waals surface area contributed by atoms with Crippen molar-refractivity contribution in [3.05, 3.63) is 83.1 Å². The third-order valence-corrected chi connectivity index (χ3v) is 4.84. The lowest BCUT2D eigenvalue weighted by Gasteiger charge is -2.18. The van der Waals surface area contributed by atoms with Crippen LogP contribution < -0.4 is 5.32 Å². The van der Waals surface area contributed by atoms with Crippen molar-refractivity contribution >= 4 is 32.9 Å². The maximum Gasteiger partial charge on any atom is 0.416 e. The van der Waals surface area contributed by atoms with Gasteiger partial charge in [-0.3, -0.25) is 4.79 Å². The average Bonchev–Trinajstić information content (AvgIpc) is 3.21. The van der Waals surface area contributed by atoms with E-state index >= 15 is 0 Å². The van der Waals surface area contributed by atoms with Gasteiger partial charge in [-0.05, 0) is 66.6 Å². The molecule has 2 N–H and O–H groups in total. The van der Waals surface area contributed by atoms with E-state index in [-0.39, 0.29) is 22.6 Å². The quantitative estimate of drug-likeness (QED) is 0.246. The molecule has 2 atom stereocenters. The molecule has 0 spiro atoms. The number of halogens is 4. The second-order valence-corrected chi connectivity index (χ2v) is 8.37. The maximum absolute atomic E-state index is 14.4. The van der Waals surface area contributed by atoms with Crippen LogP contribution in [0.3, 0.4) is 0 Å². The number of furan rings is 1. The maximum atomic E-state index is 14.4. The minimum Gasteiger partial charge on any atom is -0.478 e. The number of carbonyl (C=O) groups excluding carboxylic acids is 1. The van der Waals surface area contributed by atoms with Crippen LogP contribution in [0.25, 0.3) is 17.4 Å². The predicted molar refractivity (Wildman–Crippen MR) is 118 cm³/mol. The van der Waals surface area contributed by atoms with E-state index in [2.05, 4.69) is 5.32 Å². The summed E-state index contributed by atoms with van der Waals surface area (Å²) < 4.78 is 59.7. The summed E-state index contributed by atoms with van der Waals surface area (Å²) in [6.45, 7) is 1.11. The van der Waals surface area contributed by atoms with Crippen molar-refractivity contribution in [1.82, 2.24) is 0 Å². The zero-order valence-corrected chi connectivity index (χ0v) is 18.3. The van der Waals surface area contributed by atoms with Gasteiger partial charge >= 0.3 is 12.1 Å². The van der Waals surface area contributed by atoms with Crippen molar-refractivity contribution in [1.29, 1.82) is 0 Å². The van der Waals surface area contributed by atoms with Gasteiger partial charge in [0.05, 0.1) is 5.56 Å². The Bertz CT molecular complexity index is 1190. The van der Waals surface area contributed by atoms with Gasteiger partial charge in [0.1, 0.15) is 11.2 Å². The first-order valence-corrected chi connectivity index (χ1v) is 10.0. The molecular weight excluding hydrogens is 461 g/mol. The van der Waals surface area contributed by atoms with Gasteiger partial charge in [-0.1, -0.05) is 21.4 Å². The summed E-state index contributed by atoms with van der Waals surface area (Å²) in [6.07, 6.45) is -2.41. The van der Waals surface area contributed by atoms with Crippen LogP contribution >= 0.6 is 9.24 Å². The number of hydrogen-bond donors (Lipinski definition) is 2. The molecule has 0 saturated carbocycles. The summed E-state index contributed by atoms with van der Waals surface area (Å²) in [7, 11) is 1.84. The van der Waals surface area contributed by atoms with Gasteiger partial charge in [0.15, 0.2) is 5.76 Å². The van der Waals surface area contributed by atoms with E-state index in [1.54, 1.807) is 18.2 Å². The van der Waals surface area contributed by atoms with E-state index in [1.807, 2.05) is 9.24 Å². The second-order valence-electron chi connectivity index (χ2n) is 7.29. The number of nitrogens with one attached hydrogen (secondary N) is 1. The summed E-state index contributed by atoms with van der Waals surface area (Å²) in [6, 6.07) is 11.7. The minimum absolute atomic E-state index is 0.0361. The highest BCUT2D eigenvalue weighted by Crippen LogP contribution is 2.40. The van der Waals surface area contributed by atoms with Gasteiger partial charge in [0, 0.05) is 17.3 Å². The lowest BCUT2D eigenvalue weighted by atomic mass is 10.0. The molecule has 1 aromatic heterocycles. The van der Waals surface area contributed by atoms with E-state index in [0.29, 0.717) is 11.3 Å². The van der Waals surface area contributed by atoms with Crippen molar-refractivity contribution in [2.75, 3.05) is 5.32 Å². The summed E-state index contributed by atoms with van der Waals surface area (Å²) in [5.74, 6) is -2.02. The average molecular weight is 479 g/mol. The first-order valence-electron chi connectivity index (χ1n) is 9.46. The van der Waals surface area contributed by atoms with Gasteiger partial charge in [0.2, 0.25) is 0 Å². The summed E-state index contributed by atoms with van der Waals surface area (Å²) in [4.78, 5) is 23.2. The topological polar surface area (TPSA) is 79.5 Å². The molecule has 33 heavy (non-hydrogen) atoms. The standard InChI is InChI=1S/C23H18F4NO4P/c1-22(24,33)15-10-14(11-16(12-15)23(25,26)27)18-6-7-19(32-18)21(31)28-17-4-2-3-13(9-17)5-8-20(29)30/h2-12H,33H2,1H3,(H,28,31)(H,29,30)/b8-5+. The SMILES string of the molecule is CC(F)(P)c1cc(-c2ccc(C(=O)Nc3cccc(/C=C/C(=O)O)c3)o2)cc(C(F)(F)F)c1. The molecule has 3 rings (SSSR count). The van der Waals surface area contributed by atoms with E-state index in [9.17, 15) is 27.2 Å². The summed E-state index contributed by atoms with van der Waals surface area (Å²) in [5.41, 5.74) is -0.423. The van der Waals surface area contributed by atoms with Crippen LogP contribution in [-0.2, 0) is 16.4 Å². The number of alkyl halides is 4. The molecule has 5 nitrogen and oxygen atoms in total. The second kappa shape index (κ2) is 9.19. The normalized spacial score (nSPS) is 13.6. The van der Waals surface area contributed by atoms with Crippen LogP contribution in [0, 0.1) is 0 Å². The molecule has 0 aliphatic heterocycles. The van der Waals surface area contributed by atoms with Crippen LogP contribution in [0.4, 0.5) is 23.2 Å². The Labute approximate surface area is 188 Å². The summed E-state index contributed by atoms with van der Waals surface area (Å²) in [5, 5.41) is 9.16. The Morgan fingerprint density at radius 2 is 1.73 bits per heavy atom. The van der Waals surface area contributed by atoms with E-state index in [4.69, 9.17) is 9.52 Å². The van der Waals surface area contributed by atoms with Gasteiger partial charge in [-0.2, -0.15) is 13.2 Å². The van der Waals surface area contributed by atoms with Crippen LogP contribution in [0.15, 0.2) is 65.1 Å². The lowest BCUT2D eigenvalue weighted by Crippen LogP contribution is -2.11. The highest BCUT2D eigenvalue weighted by atomic mass is 31.0. The third-order valence-electron chi connectivity index (χ3n) is 4.50. The number of aliphatic carboxylic acids is 1. The number of amides is 1. The number of carbonyl (C=O) groups is 2. The highest BCUT2D eigenvalue weighted by Gasteiger charge is 2.33. The minimum atomic E-state index is -4.70. The molecule has 0 saturated heterocycles. The third kappa shape index (κ3) is 6.29. The molecule has 1 heterocycles. The van der Waals surface area contributed by atoms with Crippen LogP contribution in [0.2, 0.25) is 0 Å². The molecule has 0 fully saturated rings. The van der Waals surface area contributed by atoms with E-state index in [1.165, 1.54) is 30.3 Å². The Morgan fingerprint density at radius 3 is 2.36 bits per heavy atom. The van der Waals surface area contributed by atoms with Crippen molar-refractivity contribution in [2.24, 2.45) is 0 Å². The Morgan fingerprint density at radius 1 is 1.03 bits per heavy atom. The number of rotatable bonds is 6. The fraction of sp³-hybridized carbons (Fsp3) is 0.130. The van der Waals surface area contributed by atoms with Gasteiger partial charge < -0.3 is 14.8 Å². The molecule has 0 aliphatic rings. The monoisotopic (exact) mass is 479 g/mol. The fourth-order valence-corrected chi connectivity index (χ4v) is 3.08. The largest absolute Gasteiger partial charge is 0.478 e. The molecule has 0 bridgehead atoms.